The van der Waals surface area contributed by atoms with Gasteiger partial charge in [-0.2, -0.15) is 0 Å². The van der Waals surface area contributed by atoms with Gasteiger partial charge in [-0.25, -0.2) is 13.5 Å². The van der Waals surface area contributed by atoms with Crippen LogP contribution in [0.2, 0.25) is 0 Å². The van der Waals surface area contributed by atoms with E-state index >= 15 is 0 Å². The van der Waals surface area contributed by atoms with Crippen LogP contribution in [0, 0.1) is 11.6 Å². The third-order valence-corrected chi connectivity index (χ3v) is 3.12. The molecule has 0 amide bonds. The van der Waals surface area contributed by atoms with Gasteiger partial charge in [-0.05, 0) is 35.0 Å². The van der Waals surface area contributed by atoms with E-state index in [1.54, 1.807) is 6.20 Å². The summed E-state index contributed by atoms with van der Waals surface area (Å²) in [5, 5.41) is 10.9. The highest BCUT2D eigenvalue weighted by atomic mass is 79.9. The Kier molecular flexibility index (Phi) is 4.60. The molecule has 0 radical (unpaired) electrons. The minimum absolute atomic E-state index is 0.0370. The van der Waals surface area contributed by atoms with Gasteiger partial charge in [-0.3, -0.25) is 0 Å². The number of rotatable bonds is 5. The average Bonchev–Trinajstić information content (AvgIpc) is 2.83. The maximum Gasteiger partial charge on any atom is 0.150 e. The lowest BCUT2D eigenvalue weighted by atomic mass is 10.3. The van der Waals surface area contributed by atoms with E-state index in [9.17, 15) is 8.78 Å². The van der Waals surface area contributed by atoms with Crippen LogP contribution < -0.4 is 5.32 Å². The zero-order valence-electron chi connectivity index (χ0n) is 10.3. The van der Waals surface area contributed by atoms with E-state index in [0.29, 0.717) is 12.2 Å². The van der Waals surface area contributed by atoms with Crippen molar-refractivity contribution in [1.29, 1.82) is 0 Å². The van der Waals surface area contributed by atoms with Crippen LogP contribution in [-0.4, -0.2) is 21.5 Å². The molecule has 0 aliphatic rings. The Morgan fingerprint density at radius 3 is 2.84 bits per heavy atom. The molecule has 0 bridgehead atoms. The largest absolute Gasteiger partial charge is 0.311 e. The van der Waals surface area contributed by atoms with E-state index in [4.69, 9.17) is 0 Å². The maximum absolute atomic E-state index is 13.7. The van der Waals surface area contributed by atoms with Crippen molar-refractivity contribution in [2.75, 3.05) is 6.54 Å². The number of nitrogens with zero attached hydrogens (tertiary/aromatic N) is 3. The minimum atomic E-state index is -0.564. The van der Waals surface area contributed by atoms with Crippen LogP contribution in [-0.2, 0) is 6.54 Å². The van der Waals surface area contributed by atoms with E-state index < -0.39 is 11.6 Å². The normalized spacial score (nSPS) is 10.9. The predicted molar refractivity (Wildman–Crippen MR) is 71.0 cm³/mol. The number of halogens is 3. The zero-order chi connectivity index (χ0) is 13.8. The van der Waals surface area contributed by atoms with Crippen molar-refractivity contribution < 1.29 is 8.78 Å². The predicted octanol–water partition coefficient (Wildman–Crippen LogP) is 2.81. The number of aromatic nitrogens is 3. The van der Waals surface area contributed by atoms with Crippen molar-refractivity contribution in [3.63, 3.8) is 0 Å². The molecule has 0 atom stereocenters. The Bertz CT molecular complexity index is 571. The number of nitrogens with one attached hydrogen (secondary N) is 1. The highest BCUT2D eigenvalue weighted by Gasteiger charge is 2.11. The summed E-state index contributed by atoms with van der Waals surface area (Å²) < 4.78 is 28.5. The first-order valence-electron chi connectivity index (χ1n) is 5.88. The molecular formula is C12H13BrF2N4. The fraction of sp³-hybridized carbons (Fsp3) is 0.333. The van der Waals surface area contributed by atoms with Gasteiger partial charge in [0, 0.05) is 12.6 Å². The number of hydrogen-bond donors (Lipinski definition) is 1. The van der Waals surface area contributed by atoms with Crippen LogP contribution in [0.3, 0.4) is 0 Å². The first kappa shape index (κ1) is 14.1. The van der Waals surface area contributed by atoms with Gasteiger partial charge in [0.2, 0.25) is 0 Å². The molecule has 0 aliphatic heterocycles. The smallest absolute Gasteiger partial charge is 0.150 e. The molecule has 0 saturated carbocycles. The molecule has 7 heteroatoms. The fourth-order valence-electron chi connectivity index (χ4n) is 1.58. The zero-order valence-corrected chi connectivity index (χ0v) is 11.9. The van der Waals surface area contributed by atoms with Gasteiger partial charge in [0.05, 0.1) is 16.4 Å². The Balaban J connectivity index is 2.20. The van der Waals surface area contributed by atoms with E-state index in [0.717, 1.165) is 25.1 Å². The lowest BCUT2D eigenvalue weighted by Gasteiger charge is -2.03. The van der Waals surface area contributed by atoms with Gasteiger partial charge in [0.1, 0.15) is 17.3 Å². The fourth-order valence-corrected chi connectivity index (χ4v) is 1.89. The summed E-state index contributed by atoms with van der Waals surface area (Å²) in [6, 6.07) is 2.15. The third-order valence-electron chi connectivity index (χ3n) is 2.51. The molecule has 1 aromatic heterocycles. The second kappa shape index (κ2) is 6.21. The molecule has 0 saturated heterocycles. The Hall–Kier alpha value is -1.34. The monoisotopic (exact) mass is 330 g/mol. The number of hydrogen-bond acceptors (Lipinski definition) is 3. The Morgan fingerprint density at radius 2 is 2.11 bits per heavy atom. The quantitative estimate of drug-likeness (QED) is 0.677. The highest BCUT2D eigenvalue weighted by Crippen LogP contribution is 2.22. The molecular weight excluding hydrogens is 318 g/mol. The summed E-state index contributed by atoms with van der Waals surface area (Å²) in [6.45, 7) is 3.48. The third kappa shape index (κ3) is 3.36. The Labute approximate surface area is 117 Å². The van der Waals surface area contributed by atoms with E-state index in [1.807, 2.05) is 0 Å². The second-order valence-electron chi connectivity index (χ2n) is 4.05. The van der Waals surface area contributed by atoms with Crippen LogP contribution >= 0.6 is 15.9 Å². The van der Waals surface area contributed by atoms with Gasteiger partial charge >= 0.3 is 0 Å². The summed E-state index contributed by atoms with van der Waals surface area (Å²) in [5.41, 5.74) is 0.714. The SMILES string of the molecule is CCCNCc1cn(-c2cc(F)c(Br)cc2F)nn1. The average molecular weight is 331 g/mol. The lowest BCUT2D eigenvalue weighted by Crippen LogP contribution is -2.13. The van der Waals surface area contributed by atoms with Gasteiger partial charge < -0.3 is 5.32 Å². The molecule has 1 N–H and O–H groups in total. The summed E-state index contributed by atoms with van der Waals surface area (Å²) in [5.74, 6) is -1.11. The molecule has 102 valence electrons. The summed E-state index contributed by atoms with van der Waals surface area (Å²) in [6.07, 6.45) is 2.59. The lowest BCUT2D eigenvalue weighted by molar-refractivity contribution is 0.579. The standard InChI is InChI=1S/C12H13BrF2N4/c1-2-3-16-6-8-7-19(18-17-8)12-5-10(14)9(13)4-11(12)15/h4-5,7,16H,2-3,6H2,1H3. The summed E-state index contributed by atoms with van der Waals surface area (Å²) in [7, 11) is 0. The van der Waals surface area contributed by atoms with Gasteiger partial charge in [0.15, 0.2) is 0 Å². The van der Waals surface area contributed by atoms with Crippen LogP contribution in [0.15, 0.2) is 22.8 Å². The van der Waals surface area contributed by atoms with Crippen molar-refractivity contribution >= 4 is 15.9 Å². The first-order valence-corrected chi connectivity index (χ1v) is 6.68. The molecule has 0 fully saturated rings. The van der Waals surface area contributed by atoms with Crippen molar-refractivity contribution in [3.8, 4) is 5.69 Å². The van der Waals surface area contributed by atoms with Gasteiger partial charge in [0.25, 0.3) is 0 Å². The van der Waals surface area contributed by atoms with E-state index in [2.05, 4.69) is 38.5 Å². The highest BCUT2D eigenvalue weighted by molar-refractivity contribution is 9.10. The van der Waals surface area contributed by atoms with Crippen molar-refractivity contribution in [1.82, 2.24) is 20.3 Å². The molecule has 0 unspecified atom stereocenters. The molecule has 1 heterocycles. The first-order chi connectivity index (χ1) is 9.11. The molecule has 2 rings (SSSR count). The summed E-state index contributed by atoms with van der Waals surface area (Å²) >= 11 is 2.93. The molecule has 1 aromatic carbocycles. The van der Waals surface area contributed by atoms with E-state index in [-0.39, 0.29) is 10.2 Å². The minimum Gasteiger partial charge on any atom is -0.311 e. The van der Waals surface area contributed by atoms with Crippen LogP contribution in [0.4, 0.5) is 8.78 Å². The molecule has 0 spiro atoms. The van der Waals surface area contributed by atoms with Gasteiger partial charge in [-0.1, -0.05) is 12.1 Å². The van der Waals surface area contributed by atoms with Crippen molar-refractivity contribution in [2.45, 2.75) is 19.9 Å². The molecule has 19 heavy (non-hydrogen) atoms. The van der Waals surface area contributed by atoms with Gasteiger partial charge in [-0.15, -0.1) is 5.10 Å². The van der Waals surface area contributed by atoms with E-state index in [1.165, 1.54) is 4.68 Å². The molecule has 0 aliphatic carbocycles. The van der Waals surface area contributed by atoms with Crippen LogP contribution in [0.5, 0.6) is 0 Å². The topological polar surface area (TPSA) is 42.7 Å². The van der Waals surface area contributed by atoms with Crippen LogP contribution in [0.1, 0.15) is 19.0 Å². The van der Waals surface area contributed by atoms with Crippen LogP contribution in [0.25, 0.3) is 5.69 Å². The van der Waals surface area contributed by atoms with Crippen molar-refractivity contribution in [2.24, 2.45) is 0 Å². The molecule has 4 nitrogen and oxygen atoms in total. The molecule has 2 aromatic rings. The maximum atomic E-state index is 13.7. The van der Waals surface area contributed by atoms with Crippen molar-refractivity contribution in [3.05, 3.63) is 40.1 Å². The summed E-state index contributed by atoms with van der Waals surface area (Å²) in [4.78, 5) is 0. The Morgan fingerprint density at radius 1 is 1.32 bits per heavy atom. The second-order valence-corrected chi connectivity index (χ2v) is 4.90. The number of benzene rings is 1.